The van der Waals surface area contributed by atoms with Gasteiger partial charge in [-0.25, -0.2) is 0 Å². The number of halogens is 1. The molecule has 2 N–H and O–H groups in total. The van der Waals surface area contributed by atoms with Gasteiger partial charge in [-0.15, -0.1) is 24.0 Å². The van der Waals surface area contributed by atoms with Gasteiger partial charge < -0.3 is 15.2 Å². The van der Waals surface area contributed by atoms with E-state index >= 15 is 0 Å². The van der Waals surface area contributed by atoms with Crippen LogP contribution in [0.15, 0.2) is 15.6 Å². The Kier molecular flexibility index (Phi) is 8.87. The Morgan fingerprint density at radius 3 is 2.56 bits per heavy atom. The van der Waals surface area contributed by atoms with E-state index in [-0.39, 0.29) is 35.8 Å². The zero-order chi connectivity index (χ0) is 17.5. The number of imide groups is 1. The molecule has 1 fully saturated rings. The summed E-state index contributed by atoms with van der Waals surface area (Å²) in [7, 11) is 1.66. The van der Waals surface area contributed by atoms with Crippen molar-refractivity contribution < 1.29 is 14.1 Å². The van der Waals surface area contributed by atoms with Gasteiger partial charge in [0.1, 0.15) is 0 Å². The zero-order valence-corrected chi connectivity index (χ0v) is 17.2. The number of aliphatic imine (C=N–C) groups is 1. The fourth-order valence-electron chi connectivity index (χ4n) is 2.41. The fraction of sp³-hybridized carbons (Fsp3) is 0.625. The predicted molar refractivity (Wildman–Crippen MR) is 105 cm³/mol. The third kappa shape index (κ3) is 6.29. The van der Waals surface area contributed by atoms with Crippen LogP contribution < -0.4 is 10.6 Å². The van der Waals surface area contributed by atoms with Crippen molar-refractivity contribution in [1.82, 2.24) is 20.7 Å². The van der Waals surface area contributed by atoms with E-state index < -0.39 is 0 Å². The Bertz CT molecular complexity index is 599. The molecule has 1 saturated heterocycles. The SMILES string of the molecule is CN=C(NCCN1C(=O)CCCC1=O)NCc1cc(C(C)C)no1.I. The second-order valence-corrected chi connectivity index (χ2v) is 6.02. The molecule has 1 aliphatic heterocycles. The van der Waals surface area contributed by atoms with Crippen LogP contribution in [0.1, 0.15) is 50.5 Å². The summed E-state index contributed by atoms with van der Waals surface area (Å²) < 4.78 is 5.26. The predicted octanol–water partition coefficient (Wildman–Crippen LogP) is 1.62. The van der Waals surface area contributed by atoms with Crippen molar-refractivity contribution in [3.63, 3.8) is 0 Å². The Morgan fingerprint density at radius 2 is 2.00 bits per heavy atom. The van der Waals surface area contributed by atoms with Gasteiger partial charge in [0.05, 0.1) is 12.2 Å². The van der Waals surface area contributed by atoms with Crippen LogP contribution in [0.2, 0.25) is 0 Å². The van der Waals surface area contributed by atoms with Gasteiger partial charge >= 0.3 is 0 Å². The molecule has 0 bridgehead atoms. The van der Waals surface area contributed by atoms with Gasteiger partial charge in [-0.2, -0.15) is 0 Å². The number of aromatic nitrogens is 1. The maximum Gasteiger partial charge on any atom is 0.229 e. The summed E-state index contributed by atoms with van der Waals surface area (Å²) >= 11 is 0. The van der Waals surface area contributed by atoms with Gasteiger partial charge in [-0.3, -0.25) is 19.5 Å². The first kappa shape index (κ1) is 21.4. The second-order valence-electron chi connectivity index (χ2n) is 6.02. The lowest BCUT2D eigenvalue weighted by atomic mass is 10.1. The van der Waals surface area contributed by atoms with Gasteiger partial charge in [0, 0.05) is 39.0 Å². The number of carbonyl (C=O) groups is 2. The summed E-state index contributed by atoms with van der Waals surface area (Å²) in [5.41, 5.74) is 0.914. The van der Waals surface area contributed by atoms with Crippen molar-refractivity contribution in [3.05, 3.63) is 17.5 Å². The summed E-state index contributed by atoms with van der Waals surface area (Å²) in [6.45, 7) is 5.36. The first-order valence-electron chi connectivity index (χ1n) is 8.24. The highest BCUT2D eigenvalue weighted by Gasteiger charge is 2.25. The van der Waals surface area contributed by atoms with Crippen molar-refractivity contribution in [3.8, 4) is 0 Å². The van der Waals surface area contributed by atoms with Crippen LogP contribution in [0.5, 0.6) is 0 Å². The van der Waals surface area contributed by atoms with Gasteiger partial charge in [0.25, 0.3) is 0 Å². The van der Waals surface area contributed by atoms with Crippen LogP contribution in [0.25, 0.3) is 0 Å². The quantitative estimate of drug-likeness (QED) is 0.288. The molecule has 8 nitrogen and oxygen atoms in total. The van der Waals surface area contributed by atoms with Crippen molar-refractivity contribution in [2.24, 2.45) is 4.99 Å². The molecule has 140 valence electrons. The summed E-state index contributed by atoms with van der Waals surface area (Å²) in [4.78, 5) is 28.9. The van der Waals surface area contributed by atoms with Crippen LogP contribution in [0, 0.1) is 0 Å². The normalized spacial score (nSPS) is 15.4. The maximum absolute atomic E-state index is 11.7. The molecule has 2 rings (SSSR count). The molecule has 2 amide bonds. The van der Waals surface area contributed by atoms with Crippen LogP contribution >= 0.6 is 24.0 Å². The Labute approximate surface area is 164 Å². The third-order valence-corrected chi connectivity index (χ3v) is 3.83. The number of guanidine groups is 1. The Hall–Kier alpha value is -1.65. The number of carbonyl (C=O) groups excluding carboxylic acids is 2. The highest BCUT2D eigenvalue weighted by molar-refractivity contribution is 14.0. The molecule has 2 heterocycles. The van der Waals surface area contributed by atoms with Crippen molar-refractivity contribution >= 4 is 41.8 Å². The number of hydrogen-bond donors (Lipinski definition) is 2. The van der Waals surface area contributed by atoms with E-state index in [0.29, 0.717) is 50.8 Å². The smallest absolute Gasteiger partial charge is 0.229 e. The molecule has 25 heavy (non-hydrogen) atoms. The summed E-state index contributed by atoms with van der Waals surface area (Å²) in [6.07, 6.45) is 1.55. The standard InChI is InChI=1S/C16H25N5O3.HI/c1-11(2)13-9-12(24-20-13)10-19-16(17-3)18-7-8-21-14(22)5-4-6-15(21)23;/h9,11H,4-8,10H2,1-3H3,(H2,17,18,19);1H. The number of amides is 2. The largest absolute Gasteiger partial charge is 0.359 e. The number of piperidine rings is 1. The minimum Gasteiger partial charge on any atom is -0.359 e. The molecule has 0 saturated carbocycles. The molecule has 0 radical (unpaired) electrons. The van der Waals surface area contributed by atoms with Crippen LogP contribution in [0.4, 0.5) is 0 Å². The minimum absolute atomic E-state index is 0. The van der Waals surface area contributed by atoms with E-state index in [1.165, 1.54) is 4.90 Å². The fourth-order valence-corrected chi connectivity index (χ4v) is 2.41. The third-order valence-electron chi connectivity index (χ3n) is 3.83. The van der Waals surface area contributed by atoms with Gasteiger partial charge in [0.2, 0.25) is 11.8 Å². The summed E-state index contributed by atoms with van der Waals surface area (Å²) in [6, 6.07) is 1.91. The number of nitrogens with zero attached hydrogens (tertiary/aromatic N) is 3. The number of likely N-dealkylation sites (tertiary alicyclic amines) is 1. The lowest BCUT2D eigenvalue weighted by Gasteiger charge is -2.25. The van der Waals surface area contributed by atoms with E-state index in [9.17, 15) is 9.59 Å². The van der Waals surface area contributed by atoms with E-state index in [1.54, 1.807) is 7.05 Å². The zero-order valence-electron chi connectivity index (χ0n) is 14.9. The highest BCUT2D eigenvalue weighted by Crippen LogP contribution is 2.13. The highest BCUT2D eigenvalue weighted by atomic mass is 127. The van der Waals surface area contributed by atoms with Gasteiger partial charge in [-0.1, -0.05) is 19.0 Å². The van der Waals surface area contributed by atoms with Gasteiger partial charge in [0.15, 0.2) is 11.7 Å². The molecule has 0 atom stereocenters. The molecular weight excluding hydrogens is 437 g/mol. The molecule has 1 aliphatic rings. The number of nitrogens with one attached hydrogen (secondary N) is 2. The molecule has 0 unspecified atom stereocenters. The van der Waals surface area contributed by atoms with E-state index in [0.717, 1.165) is 11.5 Å². The van der Waals surface area contributed by atoms with Gasteiger partial charge in [-0.05, 0) is 12.3 Å². The topological polar surface area (TPSA) is 99.8 Å². The molecule has 1 aromatic heterocycles. The lowest BCUT2D eigenvalue weighted by Crippen LogP contribution is -2.46. The van der Waals surface area contributed by atoms with E-state index in [2.05, 4.69) is 34.6 Å². The van der Waals surface area contributed by atoms with Crippen LogP contribution in [0.3, 0.4) is 0 Å². The van der Waals surface area contributed by atoms with Crippen molar-refractivity contribution in [2.75, 3.05) is 20.1 Å². The maximum atomic E-state index is 11.7. The Morgan fingerprint density at radius 1 is 1.32 bits per heavy atom. The average molecular weight is 463 g/mol. The number of hydrogen-bond acceptors (Lipinski definition) is 5. The second kappa shape index (κ2) is 10.4. The van der Waals surface area contributed by atoms with E-state index in [4.69, 9.17) is 4.52 Å². The molecule has 0 spiro atoms. The van der Waals surface area contributed by atoms with E-state index in [1.807, 2.05) is 6.07 Å². The van der Waals surface area contributed by atoms with Crippen LogP contribution in [-0.2, 0) is 16.1 Å². The monoisotopic (exact) mass is 463 g/mol. The number of rotatable bonds is 6. The molecule has 1 aromatic rings. The average Bonchev–Trinajstić information content (AvgIpc) is 3.02. The summed E-state index contributed by atoms with van der Waals surface area (Å²) in [5.74, 6) is 1.43. The first-order valence-corrected chi connectivity index (χ1v) is 8.24. The van der Waals surface area contributed by atoms with Crippen molar-refractivity contribution in [2.45, 2.75) is 45.6 Å². The molecule has 0 aromatic carbocycles. The minimum atomic E-state index is -0.0983. The molecular formula is C16H26IN5O3. The van der Waals surface area contributed by atoms with Crippen molar-refractivity contribution in [1.29, 1.82) is 0 Å². The first-order chi connectivity index (χ1) is 11.5. The molecule has 0 aliphatic carbocycles. The summed E-state index contributed by atoms with van der Waals surface area (Å²) in [5, 5.41) is 10.2. The lowest BCUT2D eigenvalue weighted by molar-refractivity contribution is -0.147. The molecule has 9 heteroatoms. The van der Waals surface area contributed by atoms with Crippen LogP contribution in [-0.4, -0.2) is 48.0 Å². The Balaban J connectivity index is 0.00000312.